The lowest BCUT2D eigenvalue weighted by atomic mass is 10.2. The first kappa shape index (κ1) is 16.6. The highest BCUT2D eigenvalue weighted by atomic mass is 35.5. The second-order valence-electron chi connectivity index (χ2n) is 5.52. The van der Waals surface area contributed by atoms with Crippen molar-refractivity contribution >= 4 is 40.6 Å². The first-order chi connectivity index (χ1) is 12.5. The monoisotopic (exact) mass is 386 g/mol. The summed E-state index contributed by atoms with van der Waals surface area (Å²) in [6.07, 6.45) is 1.63. The average molecular weight is 387 g/mol. The minimum atomic E-state index is 0.378. The van der Waals surface area contributed by atoms with Crippen molar-refractivity contribution in [3.8, 4) is 11.4 Å². The van der Waals surface area contributed by atoms with E-state index in [2.05, 4.69) is 35.6 Å². The van der Waals surface area contributed by atoms with Gasteiger partial charge in [-0.25, -0.2) is 9.97 Å². The Balaban J connectivity index is 1.73. The van der Waals surface area contributed by atoms with E-state index in [0.29, 0.717) is 44.7 Å². The number of aromatic nitrogens is 7. The molecule has 0 aliphatic rings. The summed E-state index contributed by atoms with van der Waals surface area (Å²) in [6.45, 7) is 3.69. The summed E-state index contributed by atoms with van der Waals surface area (Å²) in [5, 5.41) is 16.8. The van der Waals surface area contributed by atoms with Gasteiger partial charge in [0, 0.05) is 11.2 Å². The molecule has 3 heterocycles. The van der Waals surface area contributed by atoms with Crippen LogP contribution in [0, 0.1) is 13.8 Å². The number of aryl methyl sites for hydroxylation is 2. The third-order valence-electron chi connectivity index (χ3n) is 3.67. The second kappa shape index (κ2) is 6.47. The van der Waals surface area contributed by atoms with Gasteiger partial charge in [-0.1, -0.05) is 23.2 Å². The maximum Gasteiger partial charge on any atom is 0.272 e. The van der Waals surface area contributed by atoms with Crippen LogP contribution in [-0.2, 0) is 0 Å². The maximum atomic E-state index is 6.19. The Morgan fingerprint density at radius 1 is 1.04 bits per heavy atom. The lowest BCUT2D eigenvalue weighted by Crippen LogP contribution is -2.05. The van der Waals surface area contributed by atoms with Gasteiger partial charge < -0.3 is 5.32 Å². The molecule has 0 radical (unpaired) electrons. The fraction of sp³-hybridized carbons (Fsp3) is 0.125. The first-order valence-corrected chi connectivity index (χ1v) is 8.39. The summed E-state index contributed by atoms with van der Waals surface area (Å²) in [5.74, 6) is 1.45. The lowest BCUT2D eigenvalue weighted by molar-refractivity contribution is 0.841. The fourth-order valence-electron chi connectivity index (χ4n) is 2.46. The number of anilines is 2. The zero-order valence-corrected chi connectivity index (χ0v) is 15.3. The molecule has 130 valence electrons. The van der Waals surface area contributed by atoms with E-state index in [-0.39, 0.29) is 0 Å². The molecule has 1 aromatic carbocycles. The molecule has 4 aromatic rings. The molecule has 4 rings (SSSR count). The highest BCUT2D eigenvalue weighted by Crippen LogP contribution is 2.28. The molecule has 0 saturated carbocycles. The van der Waals surface area contributed by atoms with Crippen molar-refractivity contribution in [1.82, 2.24) is 34.8 Å². The number of nitrogens with one attached hydrogen (secondary N) is 1. The zero-order valence-electron chi connectivity index (χ0n) is 13.8. The fourth-order valence-corrected chi connectivity index (χ4v) is 2.92. The topological polar surface area (TPSA) is 93.8 Å². The van der Waals surface area contributed by atoms with Crippen LogP contribution in [0.3, 0.4) is 0 Å². The van der Waals surface area contributed by atoms with Gasteiger partial charge in [-0.15, -0.1) is 15.3 Å². The van der Waals surface area contributed by atoms with Crippen molar-refractivity contribution in [2.45, 2.75) is 13.8 Å². The summed E-state index contributed by atoms with van der Waals surface area (Å²) >= 11 is 12.1. The average Bonchev–Trinajstić information content (AvgIpc) is 2.99. The van der Waals surface area contributed by atoms with Crippen LogP contribution in [0.2, 0.25) is 10.0 Å². The van der Waals surface area contributed by atoms with Crippen LogP contribution in [0.15, 0.2) is 30.5 Å². The molecule has 0 unspecified atom stereocenters. The highest BCUT2D eigenvalue weighted by molar-refractivity contribution is 6.36. The summed E-state index contributed by atoms with van der Waals surface area (Å²) < 4.78 is 1.64. The standard InChI is InChI=1S/C16H12Cl2N8/c1-8-14(23-24-16-20-9(2)25-26(8)16)13-5-6-19-15(22-13)21-12-4-3-10(17)7-11(12)18/h3-7H,1-2H3,(H,19,21,22). The van der Waals surface area contributed by atoms with E-state index in [0.717, 1.165) is 5.69 Å². The number of nitrogens with zero attached hydrogens (tertiary/aromatic N) is 7. The number of rotatable bonds is 3. The zero-order chi connectivity index (χ0) is 18.3. The van der Waals surface area contributed by atoms with Gasteiger partial charge in [0.2, 0.25) is 5.95 Å². The predicted molar refractivity (Wildman–Crippen MR) is 98.8 cm³/mol. The van der Waals surface area contributed by atoms with Gasteiger partial charge in [0.05, 0.1) is 22.1 Å². The normalized spacial score (nSPS) is 11.1. The van der Waals surface area contributed by atoms with Gasteiger partial charge in [-0.3, -0.25) is 0 Å². The summed E-state index contributed by atoms with van der Waals surface area (Å²) in [6, 6.07) is 6.89. The molecule has 0 bridgehead atoms. The molecule has 0 saturated heterocycles. The van der Waals surface area contributed by atoms with Gasteiger partial charge in [0.1, 0.15) is 11.5 Å². The second-order valence-corrected chi connectivity index (χ2v) is 6.36. The van der Waals surface area contributed by atoms with Crippen molar-refractivity contribution in [3.05, 3.63) is 52.0 Å². The molecular formula is C16H12Cl2N8. The van der Waals surface area contributed by atoms with E-state index in [4.69, 9.17) is 23.2 Å². The van der Waals surface area contributed by atoms with Crippen molar-refractivity contribution in [3.63, 3.8) is 0 Å². The number of halogens is 2. The molecule has 0 amide bonds. The van der Waals surface area contributed by atoms with E-state index in [9.17, 15) is 0 Å². The molecular weight excluding hydrogens is 375 g/mol. The number of hydrogen-bond acceptors (Lipinski definition) is 7. The molecule has 0 aliphatic carbocycles. The Kier molecular flexibility index (Phi) is 4.14. The van der Waals surface area contributed by atoms with Crippen LogP contribution in [0.4, 0.5) is 11.6 Å². The maximum absolute atomic E-state index is 6.19. The van der Waals surface area contributed by atoms with Gasteiger partial charge in [0.15, 0.2) is 0 Å². The number of benzene rings is 1. The molecule has 26 heavy (non-hydrogen) atoms. The smallest absolute Gasteiger partial charge is 0.272 e. The van der Waals surface area contributed by atoms with Crippen LogP contribution >= 0.6 is 23.2 Å². The Hall–Kier alpha value is -2.84. The van der Waals surface area contributed by atoms with E-state index >= 15 is 0 Å². The Bertz CT molecular complexity index is 1120. The Morgan fingerprint density at radius 3 is 2.69 bits per heavy atom. The molecule has 0 atom stereocenters. The Labute approximate surface area is 158 Å². The van der Waals surface area contributed by atoms with Crippen LogP contribution in [0.1, 0.15) is 11.5 Å². The molecule has 3 aromatic heterocycles. The molecule has 0 aliphatic heterocycles. The third-order valence-corrected chi connectivity index (χ3v) is 4.22. The van der Waals surface area contributed by atoms with E-state index in [1.807, 2.05) is 6.92 Å². The van der Waals surface area contributed by atoms with E-state index in [1.54, 1.807) is 41.9 Å². The molecule has 8 nitrogen and oxygen atoms in total. The van der Waals surface area contributed by atoms with Crippen LogP contribution in [-0.4, -0.2) is 34.8 Å². The molecule has 1 N–H and O–H groups in total. The molecule has 0 spiro atoms. The largest absolute Gasteiger partial charge is 0.323 e. The van der Waals surface area contributed by atoms with Gasteiger partial charge in [-0.05, 0) is 38.1 Å². The van der Waals surface area contributed by atoms with Crippen LogP contribution < -0.4 is 5.32 Å². The summed E-state index contributed by atoms with van der Waals surface area (Å²) in [5.41, 5.74) is 2.63. The minimum absolute atomic E-state index is 0.378. The van der Waals surface area contributed by atoms with Gasteiger partial charge >= 0.3 is 0 Å². The van der Waals surface area contributed by atoms with Crippen molar-refractivity contribution in [1.29, 1.82) is 0 Å². The SMILES string of the molecule is Cc1nc2nnc(-c3ccnc(Nc4ccc(Cl)cc4Cl)n3)c(C)n2n1. The number of hydrogen-bond donors (Lipinski definition) is 1. The van der Waals surface area contributed by atoms with Crippen molar-refractivity contribution in [2.75, 3.05) is 5.32 Å². The van der Waals surface area contributed by atoms with Crippen LogP contribution in [0.25, 0.3) is 17.2 Å². The quantitative estimate of drug-likeness (QED) is 0.574. The predicted octanol–water partition coefficient (Wildman–Crippen LogP) is 3.64. The first-order valence-electron chi connectivity index (χ1n) is 7.63. The minimum Gasteiger partial charge on any atom is -0.323 e. The highest BCUT2D eigenvalue weighted by Gasteiger charge is 2.14. The lowest BCUT2D eigenvalue weighted by Gasteiger charge is -2.09. The molecule has 0 fully saturated rings. The van der Waals surface area contributed by atoms with E-state index < -0.39 is 0 Å². The summed E-state index contributed by atoms with van der Waals surface area (Å²) in [7, 11) is 0. The number of fused-ring (bicyclic) bond motifs is 1. The van der Waals surface area contributed by atoms with Gasteiger partial charge in [0.25, 0.3) is 5.78 Å². The van der Waals surface area contributed by atoms with Crippen LogP contribution in [0.5, 0.6) is 0 Å². The van der Waals surface area contributed by atoms with E-state index in [1.165, 1.54) is 0 Å². The molecule has 10 heteroatoms. The third kappa shape index (κ3) is 3.04. The van der Waals surface area contributed by atoms with Crippen molar-refractivity contribution < 1.29 is 0 Å². The van der Waals surface area contributed by atoms with Crippen molar-refractivity contribution in [2.24, 2.45) is 0 Å². The van der Waals surface area contributed by atoms with Gasteiger partial charge in [-0.2, -0.15) is 9.50 Å². The Morgan fingerprint density at radius 2 is 1.88 bits per heavy atom. The summed E-state index contributed by atoms with van der Waals surface area (Å²) in [4.78, 5) is 12.9.